The molecule has 2 aromatic carbocycles. The van der Waals surface area contributed by atoms with Gasteiger partial charge in [0.05, 0.1) is 6.54 Å². The van der Waals surface area contributed by atoms with E-state index in [1.807, 2.05) is 12.1 Å². The number of amides is 1. The molecular weight excluding hydrogens is 347 g/mol. The summed E-state index contributed by atoms with van der Waals surface area (Å²) >= 11 is 0. The summed E-state index contributed by atoms with van der Waals surface area (Å²) < 4.78 is 18.6. The van der Waals surface area contributed by atoms with Gasteiger partial charge in [0.1, 0.15) is 18.2 Å². The Labute approximate surface area is 158 Å². The highest BCUT2D eigenvalue weighted by Crippen LogP contribution is 2.16. The molecule has 0 aromatic heterocycles. The molecule has 0 unspecified atom stereocenters. The number of ether oxygens (including phenoxy) is 1. The zero-order valence-electron chi connectivity index (χ0n) is 15.6. The van der Waals surface area contributed by atoms with Gasteiger partial charge in [0.2, 0.25) is 5.91 Å². The number of hydrogen-bond donors (Lipinski definition) is 3. The molecule has 0 saturated carbocycles. The lowest BCUT2D eigenvalue weighted by Crippen LogP contribution is -2.40. The normalized spacial score (nSPS) is 11.0. The first-order valence-electron chi connectivity index (χ1n) is 8.76. The van der Waals surface area contributed by atoms with Gasteiger partial charge in [0.25, 0.3) is 0 Å². The summed E-state index contributed by atoms with van der Waals surface area (Å²) in [6, 6.07) is 13.7. The van der Waals surface area contributed by atoms with Gasteiger partial charge in [-0.3, -0.25) is 9.79 Å². The van der Waals surface area contributed by atoms with Crippen LogP contribution in [0.2, 0.25) is 0 Å². The maximum atomic E-state index is 12.9. The van der Waals surface area contributed by atoms with E-state index in [-0.39, 0.29) is 11.7 Å². The Kier molecular flexibility index (Phi) is 8.09. The average molecular weight is 372 g/mol. The quantitative estimate of drug-likeness (QED) is 0.378. The highest BCUT2D eigenvalue weighted by atomic mass is 19.1. The van der Waals surface area contributed by atoms with Crippen LogP contribution in [-0.4, -0.2) is 38.6 Å². The highest BCUT2D eigenvalue weighted by molar-refractivity contribution is 5.88. The van der Waals surface area contributed by atoms with Gasteiger partial charge in [0, 0.05) is 32.3 Å². The van der Waals surface area contributed by atoms with Crippen molar-refractivity contribution in [1.82, 2.24) is 10.6 Å². The van der Waals surface area contributed by atoms with E-state index < -0.39 is 0 Å². The van der Waals surface area contributed by atoms with Gasteiger partial charge in [-0.1, -0.05) is 18.2 Å². The van der Waals surface area contributed by atoms with Crippen LogP contribution >= 0.6 is 0 Å². The summed E-state index contributed by atoms with van der Waals surface area (Å²) in [7, 11) is 1.70. The van der Waals surface area contributed by atoms with E-state index in [2.05, 4.69) is 20.9 Å². The summed E-state index contributed by atoms with van der Waals surface area (Å²) in [5.41, 5.74) is 1.76. The third-order valence-electron chi connectivity index (χ3n) is 3.66. The van der Waals surface area contributed by atoms with Crippen LogP contribution in [-0.2, 0) is 11.2 Å². The summed E-state index contributed by atoms with van der Waals surface area (Å²) in [4.78, 5) is 15.2. The summed E-state index contributed by atoms with van der Waals surface area (Å²) in [5, 5.41) is 9.09. The van der Waals surface area contributed by atoms with Crippen molar-refractivity contribution < 1.29 is 13.9 Å². The van der Waals surface area contributed by atoms with Crippen LogP contribution in [0.3, 0.4) is 0 Å². The van der Waals surface area contributed by atoms with Crippen LogP contribution in [0, 0.1) is 5.82 Å². The van der Waals surface area contributed by atoms with Gasteiger partial charge in [0.15, 0.2) is 5.96 Å². The second kappa shape index (κ2) is 10.8. The monoisotopic (exact) mass is 372 g/mol. The standard InChI is InChI=1S/C20H25FN4O2/c1-15(26)25-18-4-3-5-19(14-18)27-13-12-24-20(22-2)23-11-10-16-6-8-17(21)9-7-16/h3-9,14H,10-13H2,1-2H3,(H,25,26)(H2,22,23,24). The molecule has 0 atom stereocenters. The third kappa shape index (κ3) is 7.77. The molecule has 0 radical (unpaired) electrons. The lowest BCUT2D eigenvalue weighted by Gasteiger charge is -2.13. The number of rotatable bonds is 8. The molecule has 7 heteroatoms. The summed E-state index contributed by atoms with van der Waals surface area (Å²) in [5.74, 6) is 1.01. The molecule has 0 saturated heterocycles. The number of guanidine groups is 1. The third-order valence-corrected chi connectivity index (χ3v) is 3.66. The number of carbonyl (C=O) groups is 1. The Balaban J connectivity index is 1.67. The van der Waals surface area contributed by atoms with Crippen molar-refractivity contribution in [1.29, 1.82) is 0 Å². The number of aliphatic imine (C=N–C) groups is 1. The molecule has 2 rings (SSSR count). The van der Waals surface area contributed by atoms with Gasteiger partial charge in [-0.2, -0.15) is 0 Å². The maximum Gasteiger partial charge on any atom is 0.221 e. The molecule has 0 bridgehead atoms. The molecule has 1 amide bonds. The number of benzene rings is 2. The average Bonchev–Trinajstić information content (AvgIpc) is 2.65. The molecule has 0 heterocycles. The number of nitrogens with zero attached hydrogens (tertiary/aromatic N) is 1. The first-order valence-corrected chi connectivity index (χ1v) is 8.76. The van der Waals surface area contributed by atoms with E-state index >= 15 is 0 Å². The van der Waals surface area contributed by atoms with Gasteiger partial charge < -0.3 is 20.7 Å². The van der Waals surface area contributed by atoms with E-state index in [0.29, 0.717) is 37.1 Å². The van der Waals surface area contributed by atoms with Crippen LogP contribution in [0.15, 0.2) is 53.5 Å². The molecule has 144 valence electrons. The van der Waals surface area contributed by atoms with Crippen LogP contribution in [0.5, 0.6) is 5.75 Å². The highest BCUT2D eigenvalue weighted by Gasteiger charge is 2.01. The van der Waals surface area contributed by atoms with Crippen molar-refractivity contribution in [3.05, 3.63) is 59.9 Å². The van der Waals surface area contributed by atoms with Crippen LogP contribution in [0.1, 0.15) is 12.5 Å². The molecule has 0 spiro atoms. The summed E-state index contributed by atoms with van der Waals surface area (Å²) in [6.45, 7) is 3.17. The van der Waals surface area contributed by atoms with E-state index in [1.165, 1.54) is 19.1 Å². The van der Waals surface area contributed by atoms with Crippen molar-refractivity contribution >= 4 is 17.6 Å². The van der Waals surface area contributed by atoms with Gasteiger partial charge in [-0.15, -0.1) is 0 Å². The molecule has 2 aromatic rings. The lowest BCUT2D eigenvalue weighted by atomic mass is 10.1. The smallest absolute Gasteiger partial charge is 0.221 e. The number of carbonyl (C=O) groups excluding carboxylic acids is 1. The lowest BCUT2D eigenvalue weighted by molar-refractivity contribution is -0.114. The van der Waals surface area contributed by atoms with Gasteiger partial charge in [-0.05, 0) is 36.2 Å². The van der Waals surface area contributed by atoms with Crippen LogP contribution in [0.4, 0.5) is 10.1 Å². The van der Waals surface area contributed by atoms with Crippen molar-refractivity contribution in [3.8, 4) is 5.75 Å². The van der Waals surface area contributed by atoms with Crippen LogP contribution in [0.25, 0.3) is 0 Å². The Hall–Kier alpha value is -3.09. The number of hydrogen-bond acceptors (Lipinski definition) is 3. The van der Waals surface area contributed by atoms with Crippen molar-refractivity contribution in [3.63, 3.8) is 0 Å². The number of halogens is 1. The Morgan fingerprint density at radius 1 is 1.11 bits per heavy atom. The molecule has 27 heavy (non-hydrogen) atoms. The topological polar surface area (TPSA) is 74.8 Å². The number of nitrogens with one attached hydrogen (secondary N) is 3. The first-order chi connectivity index (χ1) is 13.1. The zero-order valence-corrected chi connectivity index (χ0v) is 15.6. The second-order valence-electron chi connectivity index (χ2n) is 5.86. The predicted molar refractivity (Wildman–Crippen MR) is 106 cm³/mol. The van der Waals surface area contributed by atoms with Crippen LogP contribution < -0.4 is 20.7 Å². The first kappa shape index (κ1) is 20.2. The zero-order chi connectivity index (χ0) is 19.5. The number of anilines is 1. The van der Waals surface area contributed by atoms with E-state index in [0.717, 1.165) is 12.0 Å². The minimum absolute atomic E-state index is 0.121. The summed E-state index contributed by atoms with van der Waals surface area (Å²) in [6.07, 6.45) is 0.771. The molecule has 0 aliphatic carbocycles. The SMILES string of the molecule is CN=C(NCCOc1cccc(NC(C)=O)c1)NCCc1ccc(F)cc1. The maximum absolute atomic E-state index is 12.9. The minimum Gasteiger partial charge on any atom is -0.492 e. The predicted octanol–water partition coefficient (Wildman–Crippen LogP) is 2.57. The second-order valence-corrected chi connectivity index (χ2v) is 5.86. The van der Waals surface area contributed by atoms with Gasteiger partial charge in [-0.25, -0.2) is 4.39 Å². The Morgan fingerprint density at radius 2 is 1.85 bits per heavy atom. The Morgan fingerprint density at radius 3 is 2.56 bits per heavy atom. The molecule has 0 aliphatic heterocycles. The fourth-order valence-corrected chi connectivity index (χ4v) is 2.40. The molecule has 0 fully saturated rings. The van der Waals surface area contributed by atoms with Crippen molar-refractivity contribution in [2.24, 2.45) is 4.99 Å². The largest absolute Gasteiger partial charge is 0.492 e. The fourth-order valence-electron chi connectivity index (χ4n) is 2.40. The molecule has 0 aliphatic rings. The minimum atomic E-state index is -0.230. The van der Waals surface area contributed by atoms with Crippen molar-refractivity contribution in [2.75, 3.05) is 32.1 Å². The molecular formula is C20H25FN4O2. The van der Waals surface area contributed by atoms with E-state index in [9.17, 15) is 9.18 Å². The Bertz CT molecular complexity index is 763. The van der Waals surface area contributed by atoms with E-state index in [1.54, 1.807) is 31.3 Å². The molecule has 6 nitrogen and oxygen atoms in total. The van der Waals surface area contributed by atoms with Crippen molar-refractivity contribution in [2.45, 2.75) is 13.3 Å². The fraction of sp³-hybridized carbons (Fsp3) is 0.300. The van der Waals surface area contributed by atoms with Gasteiger partial charge >= 0.3 is 0 Å². The van der Waals surface area contributed by atoms with E-state index in [4.69, 9.17) is 4.74 Å². The molecule has 3 N–H and O–H groups in total.